The average molecular weight is 443 g/mol. The number of nitrogens with one attached hydrogen (secondary N) is 1. The van der Waals surface area contributed by atoms with Gasteiger partial charge in [0.15, 0.2) is 5.54 Å². The molecule has 9 heteroatoms. The van der Waals surface area contributed by atoms with Gasteiger partial charge in [-0.05, 0) is 38.3 Å². The summed E-state index contributed by atoms with van der Waals surface area (Å²) in [6.45, 7) is 4.59. The van der Waals surface area contributed by atoms with E-state index in [-0.39, 0.29) is 18.4 Å². The van der Waals surface area contributed by atoms with Gasteiger partial charge in [-0.25, -0.2) is 4.79 Å². The number of nitrogens with two attached hydrogens (primary N) is 1. The van der Waals surface area contributed by atoms with E-state index in [0.717, 1.165) is 30.5 Å². The molecule has 172 valence electrons. The maximum Gasteiger partial charge on any atom is 0.331 e. The highest BCUT2D eigenvalue weighted by molar-refractivity contribution is 5.84. The van der Waals surface area contributed by atoms with Crippen molar-refractivity contribution >= 4 is 22.7 Å². The number of rotatable bonds is 5. The topological polar surface area (TPSA) is 112 Å². The van der Waals surface area contributed by atoms with Gasteiger partial charge in [-0.1, -0.05) is 12.1 Å². The number of nitrogens with zero attached hydrogens (tertiary/aromatic N) is 3. The summed E-state index contributed by atoms with van der Waals surface area (Å²) < 4.78 is 2.54. The lowest BCUT2D eigenvalue weighted by molar-refractivity contribution is -0.948. The fourth-order valence-corrected chi connectivity index (χ4v) is 5.42. The Hall–Kier alpha value is -2.94. The van der Waals surface area contributed by atoms with Gasteiger partial charge < -0.3 is 15.5 Å². The zero-order valence-electron chi connectivity index (χ0n) is 18.6. The van der Waals surface area contributed by atoms with Crippen LogP contribution in [0.25, 0.3) is 10.9 Å². The second-order valence-electron chi connectivity index (χ2n) is 8.93. The maximum absolute atomic E-state index is 13.1. The molecule has 3 heterocycles. The number of carbonyl (C=O) groups excluding carboxylic acids is 2. The summed E-state index contributed by atoms with van der Waals surface area (Å²) >= 11 is 0. The van der Waals surface area contributed by atoms with Crippen molar-refractivity contribution in [3.8, 4) is 0 Å². The Labute approximate surface area is 186 Å². The second-order valence-corrected chi connectivity index (χ2v) is 8.93. The van der Waals surface area contributed by atoms with Gasteiger partial charge in [0.2, 0.25) is 5.91 Å². The van der Waals surface area contributed by atoms with Crippen LogP contribution in [0.3, 0.4) is 0 Å². The first-order valence-corrected chi connectivity index (χ1v) is 11.5. The molecular weight excluding hydrogens is 410 g/mol. The molecule has 0 bridgehead atoms. The lowest BCUT2D eigenvalue weighted by Gasteiger charge is -2.45. The Morgan fingerprint density at radius 3 is 2.31 bits per heavy atom. The zero-order valence-corrected chi connectivity index (χ0v) is 18.6. The first-order valence-electron chi connectivity index (χ1n) is 11.5. The molecule has 3 N–H and O–H groups in total. The van der Waals surface area contributed by atoms with E-state index >= 15 is 0 Å². The highest BCUT2D eigenvalue weighted by atomic mass is 16.2. The van der Waals surface area contributed by atoms with Gasteiger partial charge in [-0.2, -0.15) is 0 Å². The van der Waals surface area contributed by atoms with Gasteiger partial charge in [0.25, 0.3) is 11.5 Å². The van der Waals surface area contributed by atoms with E-state index in [1.165, 1.54) is 15.9 Å². The van der Waals surface area contributed by atoms with Crippen molar-refractivity contribution in [2.75, 3.05) is 26.2 Å². The maximum atomic E-state index is 13.1. The molecule has 0 saturated carbocycles. The summed E-state index contributed by atoms with van der Waals surface area (Å²) in [4.78, 5) is 54.3. The number of carbonyl (C=O) groups is 2. The Morgan fingerprint density at radius 1 is 1.03 bits per heavy atom. The standard InChI is InChI=1S/C23H31N5O4/c1-2-27-18-9-5-4-8-17(18)20(30)28(22(27)32)16-19(29)25-14-10-23(11-15-25,21(24)31)26-12-6-3-7-13-26/h4-5,8-9H,2-3,6-7,10-16H2,1H3,(H2,24,31)/p+1. The van der Waals surface area contributed by atoms with Gasteiger partial charge in [-0.15, -0.1) is 0 Å². The molecule has 0 spiro atoms. The molecule has 9 nitrogen and oxygen atoms in total. The average Bonchev–Trinajstić information content (AvgIpc) is 2.82. The molecule has 2 saturated heterocycles. The van der Waals surface area contributed by atoms with E-state index < -0.39 is 16.8 Å². The van der Waals surface area contributed by atoms with E-state index in [1.807, 2.05) is 6.92 Å². The minimum atomic E-state index is -0.633. The van der Waals surface area contributed by atoms with Gasteiger partial charge in [-0.3, -0.25) is 23.5 Å². The summed E-state index contributed by atoms with van der Waals surface area (Å²) in [5.74, 6) is -0.577. The minimum Gasteiger partial charge on any atom is -0.364 e. The highest BCUT2D eigenvalue weighted by Crippen LogP contribution is 2.21. The van der Waals surface area contributed by atoms with Crippen LogP contribution in [-0.4, -0.2) is 57.6 Å². The van der Waals surface area contributed by atoms with E-state index in [9.17, 15) is 19.2 Å². The first-order chi connectivity index (χ1) is 15.4. The number of aryl methyl sites for hydroxylation is 1. The largest absolute Gasteiger partial charge is 0.364 e. The molecule has 0 aliphatic carbocycles. The van der Waals surface area contributed by atoms with Gasteiger partial charge >= 0.3 is 5.69 Å². The molecular formula is C23H32N5O4+. The molecule has 2 aromatic rings. The first kappa shape index (κ1) is 22.3. The molecule has 2 aliphatic heterocycles. The summed E-state index contributed by atoms with van der Waals surface area (Å²) in [7, 11) is 0. The van der Waals surface area contributed by atoms with E-state index in [4.69, 9.17) is 5.73 Å². The monoisotopic (exact) mass is 442 g/mol. The number of quaternary nitrogens is 1. The van der Waals surface area contributed by atoms with Gasteiger partial charge in [0, 0.05) is 32.5 Å². The molecule has 2 amide bonds. The predicted octanol–water partition coefficient (Wildman–Crippen LogP) is -0.902. The van der Waals surface area contributed by atoms with E-state index in [0.29, 0.717) is 43.4 Å². The van der Waals surface area contributed by atoms with E-state index in [1.54, 1.807) is 29.2 Å². The third kappa shape index (κ3) is 3.74. The number of aromatic nitrogens is 2. The van der Waals surface area contributed by atoms with Gasteiger partial charge in [0.1, 0.15) is 6.54 Å². The molecule has 32 heavy (non-hydrogen) atoms. The number of amides is 2. The van der Waals surface area contributed by atoms with Crippen LogP contribution in [0.4, 0.5) is 0 Å². The molecule has 0 radical (unpaired) electrons. The van der Waals surface area contributed by atoms with Crippen molar-refractivity contribution in [1.29, 1.82) is 0 Å². The highest BCUT2D eigenvalue weighted by Gasteiger charge is 2.49. The summed E-state index contributed by atoms with van der Waals surface area (Å²) in [6.07, 6.45) is 4.37. The number of primary amides is 1. The predicted molar refractivity (Wildman–Crippen MR) is 120 cm³/mol. The van der Waals surface area contributed by atoms with Crippen molar-refractivity contribution in [2.45, 2.75) is 57.7 Å². The lowest BCUT2D eigenvalue weighted by atomic mass is 9.83. The van der Waals surface area contributed by atoms with Crippen LogP contribution in [-0.2, 0) is 22.7 Å². The van der Waals surface area contributed by atoms with Crippen molar-refractivity contribution in [1.82, 2.24) is 14.0 Å². The Balaban J connectivity index is 1.55. The molecule has 1 aromatic carbocycles. The Morgan fingerprint density at radius 2 is 1.69 bits per heavy atom. The van der Waals surface area contributed by atoms with Crippen LogP contribution >= 0.6 is 0 Å². The number of hydrogen-bond donors (Lipinski definition) is 2. The molecule has 4 rings (SSSR count). The van der Waals surface area contributed by atoms with Crippen LogP contribution in [0.1, 0.15) is 39.0 Å². The van der Waals surface area contributed by atoms with Crippen molar-refractivity contribution in [3.63, 3.8) is 0 Å². The molecule has 2 fully saturated rings. The fourth-order valence-electron chi connectivity index (χ4n) is 5.42. The normalized spacial score (nSPS) is 19.2. The van der Waals surface area contributed by atoms with Crippen LogP contribution < -0.4 is 21.9 Å². The number of para-hydroxylation sites is 1. The Kier molecular flexibility index (Phi) is 6.19. The minimum absolute atomic E-state index is 0.283. The van der Waals surface area contributed by atoms with Crippen molar-refractivity contribution in [2.24, 2.45) is 5.73 Å². The third-order valence-corrected chi connectivity index (χ3v) is 7.32. The summed E-state index contributed by atoms with van der Waals surface area (Å²) in [6, 6.07) is 6.95. The zero-order chi connectivity index (χ0) is 22.9. The summed E-state index contributed by atoms with van der Waals surface area (Å²) in [5, 5.41) is 0.418. The quantitative estimate of drug-likeness (QED) is 0.625. The molecule has 0 atom stereocenters. The fraction of sp³-hybridized carbons (Fsp3) is 0.565. The van der Waals surface area contributed by atoms with E-state index in [2.05, 4.69) is 0 Å². The molecule has 1 aromatic heterocycles. The molecule has 2 aliphatic rings. The van der Waals surface area contributed by atoms with Crippen LogP contribution in [0.15, 0.2) is 33.9 Å². The van der Waals surface area contributed by atoms with Crippen molar-refractivity contribution < 1.29 is 14.5 Å². The third-order valence-electron chi connectivity index (χ3n) is 7.32. The van der Waals surface area contributed by atoms with Gasteiger partial charge in [0.05, 0.1) is 24.0 Å². The second kappa shape index (κ2) is 8.90. The smallest absolute Gasteiger partial charge is 0.331 e. The summed E-state index contributed by atoms with van der Waals surface area (Å²) in [5.41, 5.74) is 4.85. The van der Waals surface area contributed by atoms with Crippen molar-refractivity contribution in [3.05, 3.63) is 45.1 Å². The van der Waals surface area contributed by atoms with Crippen LogP contribution in [0.2, 0.25) is 0 Å². The SMILES string of the molecule is CCn1c(=O)n(CC(=O)N2CCC(C(N)=O)([NH+]3CCCCC3)CC2)c(=O)c2ccccc21. The molecule has 0 unspecified atom stereocenters. The number of hydrogen-bond acceptors (Lipinski definition) is 4. The number of benzene rings is 1. The number of piperidine rings is 2. The lowest BCUT2D eigenvalue weighted by Crippen LogP contribution is -3.22. The van der Waals surface area contributed by atoms with Crippen LogP contribution in [0.5, 0.6) is 0 Å². The number of likely N-dealkylation sites (tertiary alicyclic amines) is 2. The Bertz CT molecular complexity index is 1140. The number of fused-ring (bicyclic) bond motifs is 1. The van der Waals surface area contributed by atoms with Crippen LogP contribution in [0, 0.1) is 0 Å².